The third kappa shape index (κ3) is 4.01. The van der Waals surface area contributed by atoms with Crippen molar-refractivity contribution >= 4 is 23.8 Å². The fourth-order valence-corrected chi connectivity index (χ4v) is 5.45. The van der Waals surface area contributed by atoms with Gasteiger partial charge in [-0.2, -0.15) is 0 Å². The number of rotatable bonds is 5. The Labute approximate surface area is 207 Å². The predicted molar refractivity (Wildman–Crippen MR) is 126 cm³/mol. The summed E-state index contributed by atoms with van der Waals surface area (Å²) in [4.78, 5) is 56.1. The summed E-state index contributed by atoms with van der Waals surface area (Å²) < 4.78 is 18.3. The normalized spacial score (nSPS) is 22.5. The van der Waals surface area contributed by atoms with Crippen LogP contribution in [0.5, 0.6) is 0 Å². The van der Waals surface area contributed by atoms with Crippen molar-refractivity contribution in [3.8, 4) is 0 Å². The highest BCUT2D eigenvalue weighted by molar-refractivity contribution is 6.09. The number of amides is 4. The van der Waals surface area contributed by atoms with Crippen molar-refractivity contribution in [2.75, 3.05) is 39.8 Å². The number of carbonyl (C=O) groups is 4. The maximum atomic E-state index is 13.4. The average Bonchev–Trinajstić information content (AvgIpc) is 3.38. The number of ether oxygens (including phenoxy) is 1. The molecule has 10 heteroatoms. The quantitative estimate of drug-likeness (QED) is 0.501. The molecule has 5 rings (SSSR count). The molecule has 1 N–H and O–H groups in total. The second kappa shape index (κ2) is 9.34. The summed E-state index contributed by atoms with van der Waals surface area (Å²) in [6, 6.07) is 11.9. The Balaban J connectivity index is 1.24. The number of carbonyl (C=O) groups excluding carboxylic acids is 4. The maximum Gasteiger partial charge on any atom is 0.327 e. The van der Waals surface area contributed by atoms with E-state index in [2.05, 4.69) is 5.32 Å². The van der Waals surface area contributed by atoms with Crippen LogP contribution >= 0.6 is 0 Å². The molecule has 3 aliphatic rings. The average molecular weight is 495 g/mol. The van der Waals surface area contributed by atoms with Gasteiger partial charge >= 0.3 is 12.0 Å². The highest BCUT2D eigenvalue weighted by atomic mass is 19.1. The summed E-state index contributed by atoms with van der Waals surface area (Å²) in [7, 11) is 1.30. The monoisotopic (exact) mass is 494 g/mol. The van der Waals surface area contributed by atoms with Crippen molar-refractivity contribution in [2.45, 2.75) is 24.4 Å². The first kappa shape index (κ1) is 23.9. The standard InChI is InChI=1S/C26H27FN4O5/c1-36-23(33)22(18-6-8-19(27)9-7-18)30-14-12-29(13-15-30)21(32)16-31-24(34)26(28-25(31)35)11-10-17-4-2-3-5-20(17)26/h2-9,22H,10-16H2,1H3,(H,28,35). The molecule has 2 fully saturated rings. The van der Waals surface area contributed by atoms with Crippen LogP contribution in [0, 0.1) is 5.82 Å². The molecule has 36 heavy (non-hydrogen) atoms. The van der Waals surface area contributed by atoms with Gasteiger partial charge < -0.3 is 15.0 Å². The molecule has 2 aromatic carbocycles. The lowest BCUT2D eigenvalue weighted by molar-refractivity contribution is -0.149. The molecule has 2 atom stereocenters. The van der Waals surface area contributed by atoms with Crippen molar-refractivity contribution in [1.29, 1.82) is 0 Å². The van der Waals surface area contributed by atoms with E-state index in [0.29, 0.717) is 44.6 Å². The lowest BCUT2D eigenvalue weighted by Crippen LogP contribution is -2.53. The SMILES string of the molecule is COC(=O)C(c1ccc(F)cc1)N1CCN(C(=O)CN2C(=O)NC3(CCc4ccccc43)C2=O)CC1. The van der Waals surface area contributed by atoms with Crippen LogP contribution in [0.4, 0.5) is 9.18 Å². The number of hydrogen-bond acceptors (Lipinski definition) is 6. The molecule has 2 aromatic rings. The molecular formula is C26H27FN4O5. The smallest absolute Gasteiger partial charge is 0.327 e. The number of urea groups is 1. The van der Waals surface area contributed by atoms with Crippen molar-refractivity contribution in [2.24, 2.45) is 0 Å². The van der Waals surface area contributed by atoms with Crippen molar-refractivity contribution in [3.05, 3.63) is 71.0 Å². The Hall–Kier alpha value is -3.79. The van der Waals surface area contributed by atoms with Crippen LogP contribution in [0.25, 0.3) is 0 Å². The molecule has 0 aromatic heterocycles. The van der Waals surface area contributed by atoms with E-state index in [0.717, 1.165) is 16.0 Å². The third-order valence-electron chi connectivity index (χ3n) is 7.36. The zero-order valence-corrected chi connectivity index (χ0v) is 19.9. The number of imide groups is 1. The highest BCUT2D eigenvalue weighted by Crippen LogP contribution is 2.41. The number of benzene rings is 2. The number of piperazine rings is 1. The van der Waals surface area contributed by atoms with Crippen LogP contribution in [0.15, 0.2) is 48.5 Å². The minimum absolute atomic E-state index is 0.311. The Morgan fingerprint density at radius 1 is 1.06 bits per heavy atom. The number of methoxy groups -OCH3 is 1. The van der Waals surface area contributed by atoms with Crippen LogP contribution in [0.2, 0.25) is 0 Å². The van der Waals surface area contributed by atoms with Gasteiger partial charge in [0, 0.05) is 26.2 Å². The summed E-state index contributed by atoms with van der Waals surface area (Å²) in [5.74, 6) is -1.60. The minimum Gasteiger partial charge on any atom is -0.468 e. The molecule has 0 radical (unpaired) electrons. The lowest BCUT2D eigenvalue weighted by atomic mass is 9.92. The van der Waals surface area contributed by atoms with E-state index in [9.17, 15) is 23.6 Å². The van der Waals surface area contributed by atoms with Crippen molar-refractivity contribution < 1.29 is 28.3 Å². The largest absolute Gasteiger partial charge is 0.468 e. The second-order valence-corrected chi connectivity index (χ2v) is 9.28. The molecule has 4 amide bonds. The Bertz CT molecular complexity index is 1210. The first-order valence-corrected chi connectivity index (χ1v) is 11.9. The van der Waals surface area contributed by atoms with E-state index < -0.39 is 35.3 Å². The number of nitrogens with zero attached hydrogens (tertiary/aromatic N) is 3. The summed E-state index contributed by atoms with van der Waals surface area (Å²) >= 11 is 0. The van der Waals surface area contributed by atoms with Crippen molar-refractivity contribution in [1.82, 2.24) is 20.0 Å². The van der Waals surface area contributed by atoms with Gasteiger partial charge in [0.15, 0.2) is 0 Å². The molecule has 0 bridgehead atoms. The number of nitrogens with one attached hydrogen (secondary N) is 1. The van der Waals surface area contributed by atoms with Gasteiger partial charge in [0.25, 0.3) is 5.91 Å². The summed E-state index contributed by atoms with van der Waals surface area (Å²) in [6.07, 6.45) is 1.15. The maximum absolute atomic E-state index is 13.4. The van der Waals surface area contributed by atoms with E-state index in [-0.39, 0.29) is 12.5 Å². The molecule has 2 saturated heterocycles. The molecule has 2 unspecified atom stereocenters. The van der Waals surface area contributed by atoms with Gasteiger partial charge in [-0.05, 0) is 41.7 Å². The van der Waals surface area contributed by atoms with Crippen molar-refractivity contribution in [3.63, 3.8) is 0 Å². The van der Waals surface area contributed by atoms with E-state index in [1.165, 1.54) is 19.2 Å². The molecule has 2 heterocycles. The third-order valence-corrected chi connectivity index (χ3v) is 7.36. The summed E-state index contributed by atoms with van der Waals surface area (Å²) in [5, 5.41) is 2.84. The lowest BCUT2D eigenvalue weighted by Gasteiger charge is -2.38. The van der Waals surface area contributed by atoms with Crippen LogP contribution < -0.4 is 5.32 Å². The zero-order valence-electron chi connectivity index (χ0n) is 19.9. The van der Waals surface area contributed by atoms with Gasteiger partial charge in [0.05, 0.1) is 7.11 Å². The van der Waals surface area contributed by atoms with E-state index in [1.807, 2.05) is 29.2 Å². The number of hydrogen-bond donors (Lipinski definition) is 1. The molecule has 1 spiro atoms. The second-order valence-electron chi connectivity index (χ2n) is 9.28. The van der Waals surface area contributed by atoms with Gasteiger partial charge in [-0.25, -0.2) is 14.0 Å². The van der Waals surface area contributed by atoms with Gasteiger partial charge in [0.2, 0.25) is 5.91 Å². The van der Waals surface area contributed by atoms with Gasteiger partial charge in [0.1, 0.15) is 23.9 Å². The molecular weight excluding hydrogens is 467 g/mol. The minimum atomic E-state index is -1.10. The van der Waals surface area contributed by atoms with Gasteiger partial charge in [-0.3, -0.25) is 19.4 Å². The van der Waals surface area contributed by atoms with E-state index >= 15 is 0 Å². The molecule has 1 aliphatic carbocycles. The Kier molecular flexibility index (Phi) is 6.21. The highest BCUT2D eigenvalue weighted by Gasteiger charge is 2.55. The Morgan fingerprint density at radius 2 is 1.75 bits per heavy atom. The summed E-state index contributed by atoms with van der Waals surface area (Å²) in [6.45, 7) is 1.03. The fraction of sp³-hybridized carbons (Fsp3) is 0.385. The van der Waals surface area contributed by atoms with Gasteiger partial charge in [-0.1, -0.05) is 36.4 Å². The molecule has 0 saturated carbocycles. The van der Waals surface area contributed by atoms with Crippen LogP contribution in [-0.4, -0.2) is 78.3 Å². The number of fused-ring (bicyclic) bond motifs is 2. The van der Waals surface area contributed by atoms with Crippen LogP contribution in [0.1, 0.15) is 29.2 Å². The first-order valence-electron chi connectivity index (χ1n) is 11.9. The topological polar surface area (TPSA) is 99.3 Å². The fourth-order valence-electron chi connectivity index (χ4n) is 5.45. The number of esters is 1. The number of halogens is 1. The predicted octanol–water partition coefficient (Wildman–Crippen LogP) is 1.58. The van der Waals surface area contributed by atoms with E-state index in [4.69, 9.17) is 4.74 Å². The number of aryl methyl sites for hydroxylation is 1. The van der Waals surface area contributed by atoms with Crippen LogP contribution in [-0.2, 0) is 31.1 Å². The van der Waals surface area contributed by atoms with Gasteiger partial charge in [-0.15, -0.1) is 0 Å². The molecule has 188 valence electrons. The van der Waals surface area contributed by atoms with E-state index in [1.54, 1.807) is 17.0 Å². The molecule has 2 aliphatic heterocycles. The Morgan fingerprint density at radius 3 is 2.44 bits per heavy atom. The zero-order chi connectivity index (χ0) is 25.4. The summed E-state index contributed by atoms with van der Waals surface area (Å²) in [5.41, 5.74) is 1.32. The first-order chi connectivity index (χ1) is 17.3. The molecule has 9 nitrogen and oxygen atoms in total. The van der Waals surface area contributed by atoms with Crippen LogP contribution in [0.3, 0.4) is 0 Å².